The molecule has 3 rings (SSSR count). The molecule has 0 bridgehead atoms. The summed E-state index contributed by atoms with van der Waals surface area (Å²) in [5, 5.41) is 4.11. The Morgan fingerprint density at radius 3 is 2.34 bits per heavy atom. The molecule has 0 aliphatic carbocycles. The second kappa shape index (κ2) is 13.0. The Morgan fingerprint density at radius 2 is 1.66 bits per heavy atom. The number of amides is 1. The van der Waals surface area contributed by atoms with Crippen molar-refractivity contribution in [2.24, 2.45) is 5.10 Å². The van der Waals surface area contributed by atoms with E-state index in [2.05, 4.69) is 52.2 Å². The number of hydrogen-bond acceptors (Lipinski definition) is 6. The van der Waals surface area contributed by atoms with Crippen LogP contribution in [0.1, 0.15) is 40.9 Å². The second-order valence-electron chi connectivity index (χ2n) is 7.54. The van der Waals surface area contributed by atoms with Gasteiger partial charge in [0.05, 0.1) is 30.1 Å². The number of halogens is 1. The van der Waals surface area contributed by atoms with E-state index in [0.717, 1.165) is 14.7 Å². The molecule has 1 amide bonds. The van der Waals surface area contributed by atoms with Crippen molar-refractivity contribution < 1.29 is 23.7 Å². The van der Waals surface area contributed by atoms with Gasteiger partial charge in [0, 0.05) is 5.56 Å². The fourth-order valence-electron chi connectivity index (χ4n) is 3.22. The average Bonchev–Trinajstić information content (AvgIpc) is 2.85. The van der Waals surface area contributed by atoms with Crippen molar-refractivity contribution in [3.05, 3.63) is 80.4 Å². The van der Waals surface area contributed by atoms with E-state index in [1.807, 2.05) is 38.1 Å². The van der Waals surface area contributed by atoms with Gasteiger partial charge in [-0.3, -0.25) is 4.79 Å². The Balaban J connectivity index is 1.71. The molecule has 0 heterocycles. The highest BCUT2D eigenvalue weighted by Gasteiger charge is 2.13. The number of rotatable bonds is 11. The first-order chi connectivity index (χ1) is 16.9. The van der Waals surface area contributed by atoms with E-state index in [-0.39, 0.29) is 5.91 Å². The standard InChI is InChI=1S/C27H29IN2O5/c1-5-33-24-15-21(11-12-23(24)32-4)27(31)30-29-16-20-13-22(28)26(25(14-20)34-6-2)35-17-19-9-7-18(3)8-10-19/h7-16H,5-6,17H2,1-4H3,(H,30,31)/b29-16+. The summed E-state index contributed by atoms with van der Waals surface area (Å²) in [5.74, 6) is 2.01. The zero-order chi connectivity index (χ0) is 25.2. The van der Waals surface area contributed by atoms with Crippen LogP contribution in [0.15, 0.2) is 59.7 Å². The van der Waals surface area contributed by atoms with Gasteiger partial charge in [0.15, 0.2) is 23.0 Å². The van der Waals surface area contributed by atoms with Crippen LogP contribution in [0.5, 0.6) is 23.0 Å². The van der Waals surface area contributed by atoms with Gasteiger partial charge in [0.25, 0.3) is 5.91 Å². The van der Waals surface area contributed by atoms with Gasteiger partial charge in [-0.05, 0) is 84.8 Å². The Kier molecular flexibility index (Phi) is 9.77. The molecule has 0 spiro atoms. The normalized spacial score (nSPS) is 10.8. The molecule has 0 aromatic heterocycles. The molecule has 0 fully saturated rings. The van der Waals surface area contributed by atoms with Crippen LogP contribution < -0.4 is 24.4 Å². The molecule has 0 saturated heterocycles. The fourth-order valence-corrected chi connectivity index (χ4v) is 4.00. The van der Waals surface area contributed by atoms with E-state index < -0.39 is 0 Å². The quantitative estimate of drug-likeness (QED) is 0.176. The van der Waals surface area contributed by atoms with Crippen LogP contribution in [0.4, 0.5) is 0 Å². The predicted octanol–water partition coefficient (Wildman–Crippen LogP) is 5.75. The molecular formula is C27H29IN2O5. The van der Waals surface area contributed by atoms with Gasteiger partial charge in [0.1, 0.15) is 6.61 Å². The minimum Gasteiger partial charge on any atom is -0.493 e. The number of carbonyl (C=O) groups excluding carboxylic acids is 1. The van der Waals surface area contributed by atoms with Crippen LogP contribution in [0.3, 0.4) is 0 Å². The van der Waals surface area contributed by atoms with Crippen molar-refractivity contribution in [2.75, 3.05) is 20.3 Å². The monoisotopic (exact) mass is 588 g/mol. The van der Waals surface area contributed by atoms with Gasteiger partial charge >= 0.3 is 0 Å². The van der Waals surface area contributed by atoms with Crippen molar-refractivity contribution in [1.82, 2.24) is 5.43 Å². The van der Waals surface area contributed by atoms with Crippen LogP contribution in [0.25, 0.3) is 0 Å². The Bertz CT molecular complexity index is 1180. The Morgan fingerprint density at radius 1 is 0.943 bits per heavy atom. The number of hydrogen-bond donors (Lipinski definition) is 1. The third-order valence-corrected chi connectivity index (χ3v) is 5.74. The number of benzene rings is 3. The Hall–Kier alpha value is -3.27. The molecule has 0 aliphatic heterocycles. The highest BCUT2D eigenvalue weighted by atomic mass is 127. The lowest BCUT2D eigenvalue weighted by molar-refractivity contribution is 0.0954. The molecule has 0 saturated carbocycles. The van der Waals surface area contributed by atoms with Crippen molar-refractivity contribution >= 4 is 34.7 Å². The van der Waals surface area contributed by atoms with E-state index in [1.165, 1.54) is 5.56 Å². The lowest BCUT2D eigenvalue weighted by Gasteiger charge is -2.15. The molecule has 0 atom stereocenters. The largest absolute Gasteiger partial charge is 0.493 e. The first-order valence-electron chi connectivity index (χ1n) is 11.2. The van der Waals surface area contributed by atoms with Crippen LogP contribution in [-0.2, 0) is 6.61 Å². The molecule has 0 unspecified atom stereocenters. The maximum atomic E-state index is 12.6. The van der Waals surface area contributed by atoms with E-state index in [1.54, 1.807) is 31.5 Å². The molecule has 8 heteroatoms. The summed E-state index contributed by atoms with van der Waals surface area (Å²) in [4.78, 5) is 12.6. The minimum atomic E-state index is -0.359. The highest BCUT2D eigenvalue weighted by Crippen LogP contribution is 2.34. The molecule has 0 radical (unpaired) electrons. The maximum Gasteiger partial charge on any atom is 0.271 e. The SMILES string of the molecule is CCOc1cc(C(=O)N/N=C/c2cc(I)c(OCc3ccc(C)cc3)c(OCC)c2)ccc1OC. The minimum absolute atomic E-state index is 0.359. The lowest BCUT2D eigenvalue weighted by atomic mass is 10.1. The van der Waals surface area contributed by atoms with E-state index in [0.29, 0.717) is 48.4 Å². The fraction of sp³-hybridized carbons (Fsp3) is 0.259. The number of methoxy groups -OCH3 is 1. The van der Waals surface area contributed by atoms with Crippen molar-refractivity contribution in [1.29, 1.82) is 0 Å². The summed E-state index contributed by atoms with van der Waals surface area (Å²) in [6, 6.07) is 17.0. The number of nitrogens with one attached hydrogen (secondary N) is 1. The van der Waals surface area contributed by atoms with Crippen LogP contribution in [0, 0.1) is 10.5 Å². The summed E-state index contributed by atoms with van der Waals surface area (Å²) in [6.07, 6.45) is 1.57. The van der Waals surface area contributed by atoms with Crippen LogP contribution in [-0.4, -0.2) is 32.4 Å². The number of nitrogens with zero attached hydrogens (tertiary/aromatic N) is 1. The summed E-state index contributed by atoms with van der Waals surface area (Å²) in [7, 11) is 1.55. The summed E-state index contributed by atoms with van der Waals surface area (Å²) >= 11 is 2.21. The van der Waals surface area contributed by atoms with Gasteiger partial charge in [-0.15, -0.1) is 0 Å². The van der Waals surface area contributed by atoms with Gasteiger partial charge < -0.3 is 18.9 Å². The molecule has 3 aromatic carbocycles. The third-order valence-electron chi connectivity index (χ3n) is 4.94. The average molecular weight is 588 g/mol. The summed E-state index contributed by atoms with van der Waals surface area (Å²) in [6.45, 7) is 7.24. The van der Waals surface area contributed by atoms with E-state index in [4.69, 9.17) is 18.9 Å². The van der Waals surface area contributed by atoms with Crippen LogP contribution >= 0.6 is 22.6 Å². The molecule has 7 nitrogen and oxygen atoms in total. The predicted molar refractivity (Wildman–Crippen MR) is 145 cm³/mol. The third kappa shape index (κ3) is 7.35. The van der Waals surface area contributed by atoms with Crippen molar-refractivity contribution in [3.8, 4) is 23.0 Å². The zero-order valence-electron chi connectivity index (χ0n) is 20.3. The molecule has 184 valence electrons. The molecule has 35 heavy (non-hydrogen) atoms. The van der Waals surface area contributed by atoms with Crippen molar-refractivity contribution in [2.45, 2.75) is 27.4 Å². The van der Waals surface area contributed by atoms with Crippen molar-refractivity contribution in [3.63, 3.8) is 0 Å². The molecule has 3 aromatic rings. The second-order valence-corrected chi connectivity index (χ2v) is 8.70. The number of carbonyl (C=O) groups is 1. The summed E-state index contributed by atoms with van der Waals surface area (Å²) in [5.41, 5.74) is 6.01. The lowest BCUT2D eigenvalue weighted by Crippen LogP contribution is -2.17. The van der Waals surface area contributed by atoms with E-state index >= 15 is 0 Å². The first kappa shape index (κ1) is 26.3. The van der Waals surface area contributed by atoms with Crippen LogP contribution in [0.2, 0.25) is 0 Å². The smallest absolute Gasteiger partial charge is 0.271 e. The number of aryl methyl sites for hydroxylation is 1. The molecule has 0 aliphatic rings. The van der Waals surface area contributed by atoms with Gasteiger partial charge in [-0.1, -0.05) is 29.8 Å². The van der Waals surface area contributed by atoms with E-state index in [9.17, 15) is 4.79 Å². The highest BCUT2D eigenvalue weighted by molar-refractivity contribution is 14.1. The molecular weight excluding hydrogens is 559 g/mol. The van der Waals surface area contributed by atoms with Gasteiger partial charge in [-0.2, -0.15) is 5.10 Å². The topological polar surface area (TPSA) is 78.4 Å². The number of hydrazone groups is 1. The molecule has 1 N–H and O–H groups in total. The summed E-state index contributed by atoms with van der Waals surface area (Å²) < 4.78 is 23.6. The van der Waals surface area contributed by atoms with Gasteiger partial charge in [0.2, 0.25) is 0 Å². The maximum absolute atomic E-state index is 12.6. The van der Waals surface area contributed by atoms with Gasteiger partial charge in [-0.25, -0.2) is 5.43 Å². The first-order valence-corrected chi connectivity index (χ1v) is 12.3. The number of ether oxygens (including phenoxy) is 4. The zero-order valence-corrected chi connectivity index (χ0v) is 22.4. The Labute approximate surface area is 219 Å².